The minimum atomic E-state index is -1.42. The van der Waals surface area contributed by atoms with E-state index in [1.807, 2.05) is 68.5 Å². The molecule has 2 fully saturated rings. The fourth-order valence-electron chi connectivity index (χ4n) is 5.67. The van der Waals surface area contributed by atoms with Crippen molar-refractivity contribution in [3.05, 3.63) is 76.9 Å². The van der Waals surface area contributed by atoms with Crippen molar-refractivity contribution in [1.82, 2.24) is 4.90 Å². The van der Waals surface area contributed by atoms with E-state index >= 15 is 0 Å². The Labute approximate surface area is 200 Å². The fraction of sp³-hybridized carbons (Fsp3) is 0.393. The molecule has 2 aromatic carbocycles. The highest BCUT2D eigenvalue weighted by Crippen LogP contribution is 2.54. The van der Waals surface area contributed by atoms with Crippen LogP contribution in [0.4, 0.5) is 0 Å². The maximum absolute atomic E-state index is 13.6. The Kier molecular flexibility index (Phi) is 6.71. The first-order chi connectivity index (χ1) is 16.3. The monoisotopic (exact) mass is 461 g/mol. The molecule has 0 aromatic heterocycles. The zero-order chi connectivity index (χ0) is 24.5. The SMILES string of the molecule is COC(=O)C(=O)[C@@H]1[C@@H](c2ccc(C)cc2)[C@@H]2CCCN2[C@@]1(/C=C/c1ccc(C)cc1)C(=O)OC. The predicted octanol–water partition coefficient (Wildman–Crippen LogP) is 3.85. The molecule has 2 aromatic rings. The Hall–Kier alpha value is -3.25. The zero-order valence-electron chi connectivity index (χ0n) is 20.1. The van der Waals surface area contributed by atoms with Gasteiger partial charge in [-0.3, -0.25) is 9.69 Å². The molecule has 0 saturated carbocycles. The lowest BCUT2D eigenvalue weighted by atomic mass is 9.71. The molecule has 2 aliphatic heterocycles. The van der Waals surface area contributed by atoms with Gasteiger partial charge in [-0.1, -0.05) is 71.8 Å². The number of benzene rings is 2. The Bertz CT molecular complexity index is 1100. The summed E-state index contributed by atoms with van der Waals surface area (Å²) in [5, 5.41) is 0. The summed E-state index contributed by atoms with van der Waals surface area (Å²) in [6.45, 7) is 4.64. The van der Waals surface area contributed by atoms with Crippen molar-refractivity contribution in [2.24, 2.45) is 5.92 Å². The number of carbonyl (C=O) groups is 3. The molecule has 0 amide bonds. The van der Waals surface area contributed by atoms with Crippen molar-refractivity contribution < 1.29 is 23.9 Å². The van der Waals surface area contributed by atoms with Crippen LogP contribution in [0.25, 0.3) is 6.08 Å². The standard InChI is InChI=1S/C28H31NO5/c1-18-7-11-20(12-8-18)15-16-28(27(32)34-4)24(25(30)26(31)33-3)23(22-6-5-17-29(22)28)21-13-9-19(2)10-14-21/h7-16,22-24H,5-6,17H2,1-4H3/b16-15+/t22-,23-,24-,28+/m0/s1. The molecular formula is C28H31NO5. The number of hydrogen-bond donors (Lipinski definition) is 0. The summed E-state index contributed by atoms with van der Waals surface area (Å²) < 4.78 is 10.2. The number of carbonyl (C=O) groups excluding carboxylic acids is 3. The number of aryl methyl sites for hydroxylation is 2. The number of ether oxygens (including phenoxy) is 2. The number of rotatable bonds is 6. The van der Waals surface area contributed by atoms with Crippen molar-refractivity contribution in [3.63, 3.8) is 0 Å². The minimum absolute atomic E-state index is 0.0805. The second kappa shape index (κ2) is 9.55. The third kappa shape index (κ3) is 3.96. The lowest BCUT2D eigenvalue weighted by Crippen LogP contribution is -2.56. The highest BCUT2D eigenvalue weighted by atomic mass is 16.5. The van der Waals surface area contributed by atoms with Crippen molar-refractivity contribution in [2.45, 2.75) is 44.2 Å². The maximum Gasteiger partial charge on any atom is 0.374 e. The van der Waals surface area contributed by atoms with Crippen molar-refractivity contribution in [2.75, 3.05) is 20.8 Å². The number of Topliss-reactive ketones (excluding diaryl/α,β-unsaturated/α-hetero) is 1. The number of fused-ring (bicyclic) bond motifs is 1. The predicted molar refractivity (Wildman–Crippen MR) is 129 cm³/mol. The first-order valence-electron chi connectivity index (χ1n) is 11.6. The van der Waals surface area contributed by atoms with Gasteiger partial charge in [0, 0.05) is 12.0 Å². The van der Waals surface area contributed by atoms with Crippen LogP contribution in [0.3, 0.4) is 0 Å². The van der Waals surface area contributed by atoms with E-state index in [-0.39, 0.29) is 12.0 Å². The molecule has 0 bridgehead atoms. The van der Waals surface area contributed by atoms with Gasteiger partial charge in [0.1, 0.15) is 5.54 Å². The molecule has 4 atom stereocenters. The molecule has 6 nitrogen and oxygen atoms in total. The van der Waals surface area contributed by atoms with E-state index in [4.69, 9.17) is 9.47 Å². The third-order valence-electron chi connectivity index (χ3n) is 7.27. The number of nitrogens with zero attached hydrogens (tertiary/aromatic N) is 1. The van der Waals surface area contributed by atoms with Gasteiger partial charge in [-0.05, 0) is 44.4 Å². The van der Waals surface area contributed by atoms with Gasteiger partial charge >= 0.3 is 11.9 Å². The van der Waals surface area contributed by atoms with E-state index in [9.17, 15) is 14.4 Å². The number of ketones is 1. The molecule has 2 saturated heterocycles. The molecule has 0 aliphatic carbocycles. The van der Waals surface area contributed by atoms with Gasteiger partial charge in [0.25, 0.3) is 0 Å². The van der Waals surface area contributed by atoms with Gasteiger partial charge in [-0.25, -0.2) is 9.59 Å². The molecule has 2 heterocycles. The maximum atomic E-state index is 13.6. The quantitative estimate of drug-likeness (QED) is 0.481. The van der Waals surface area contributed by atoms with Gasteiger partial charge in [0.2, 0.25) is 5.78 Å². The molecule has 34 heavy (non-hydrogen) atoms. The molecule has 0 spiro atoms. The van der Waals surface area contributed by atoms with Crippen LogP contribution in [-0.2, 0) is 23.9 Å². The minimum Gasteiger partial charge on any atom is -0.467 e. The summed E-state index contributed by atoms with van der Waals surface area (Å²) in [6, 6.07) is 15.8. The van der Waals surface area contributed by atoms with Crippen LogP contribution in [0.1, 0.15) is 41.0 Å². The van der Waals surface area contributed by atoms with E-state index in [2.05, 4.69) is 4.90 Å². The largest absolute Gasteiger partial charge is 0.467 e. The Morgan fingerprint density at radius 1 is 0.941 bits per heavy atom. The normalized spacial score (nSPS) is 26.4. The number of esters is 2. The first-order valence-corrected chi connectivity index (χ1v) is 11.6. The van der Waals surface area contributed by atoms with Gasteiger partial charge in [-0.15, -0.1) is 0 Å². The van der Waals surface area contributed by atoms with Crippen LogP contribution in [0.15, 0.2) is 54.6 Å². The molecule has 6 heteroatoms. The summed E-state index contributed by atoms with van der Waals surface area (Å²) in [7, 11) is 2.52. The van der Waals surface area contributed by atoms with Gasteiger partial charge in [0.05, 0.1) is 20.1 Å². The lowest BCUT2D eigenvalue weighted by molar-refractivity contribution is -0.160. The van der Waals surface area contributed by atoms with Crippen molar-refractivity contribution in [1.29, 1.82) is 0 Å². The second-order valence-electron chi connectivity index (χ2n) is 9.23. The Morgan fingerprint density at radius 2 is 1.56 bits per heavy atom. The highest BCUT2D eigenvalue weighted by molar-refractivity contribution is 6.35. The molecule has 0 radical (unpaired) electrons. The van der Waals surface area contributed by atoms with E-state index < -0.39 is 29.2 Å². The second-order valence-corrected chi connectivity index (χ2v) is 9.23. The average Bonchev–Trinajstić information content (AvgIpc) is 3.43. The fourth-order valence-corrected chi connectivity index (χ4v) is 5.67. The summed E-state index contributed by atoms with van der Waals surface area (Å²) in [4.78, 5) is 41.9. The van der Waals surface area contributed by atoms with Crippen molar-refractivity contribution in [3.8, 4) is 0 Å². The molecule has 2 aliphatic rings. The van der Waals surface area contributed by atoms with Gasteiger partial charge in [0.15, 0.2) is 0 Å². The summed E-state index contributed by atoms with van der Waals surface area (Å²) in [5.74, 6) is -3.51. The van der Waals surface area contributed by atoms with E-state index in [1.165, 1.54) is 14.2 Å². The summed E-state index contributed by atoms with van der Waals surface area (Å²) >= 11 is 0. The van der Waals surface area contributed by atoms with Gasteiger partial charge < -0.3 is 9.47 Å². The van der Waals surface area contributed by atoms with E-state index in [1.54, 1.807) is 6.08 Å². The first kappa shape index (κ1) is 23.9. The molecule has 4 rings (SSSR count). The highest BCUT2D eigenvalue weighted by Gasteiger charge is 2.66. The molecule has 0 unspecified atom stereocenters. The van der Waals surface area contributed by atoms with Gasteiger partial charge in [-0.2, -0.15) is 0 Å². The Balaban J connectivity index is 1.92. The van der Waals surface area contributed by atoms with Crippen LogP contribution in [0.5, 0.6) is 0 Å². The topological polar surface area (TPSA) is 72.9 Å². The van der Waals surface area contributed by atoms with Crippen LogP contribution < -0.4 is 0 Å². The van der Waals surface area contributed by atoms with Crippen LogP contribution >= 0.6 is 0 Å². The van der Waals surface area contributed by atoms with Crippen LogP contribution in [0, 0.1) is 19.8 Å². The average molecular weight is 462 g/mol. The van der Waals surface area contributed by atoms with E-state index in [0.717, 1.165) is 35.1 Å². The number of methoxy groups -OCH3 is 2. The number of hydrogen-bond acceptors (Lipinski definition) is 6. The molecular weight excluding hydrogens is 430 g/mol. The molecule has 178 valence electrons. The van der Waals surface area contributed by atoms with Crippen molar-refractivity contribution >= 4 is 23.8 Å². The lowest BCUT2D eigenvalue weighted by Gasteiger charge is -2.36. The zero-order valence-corrected chi connectivity index (χ0v) is 20.1. The van der Waals surface area contributed by atoms with E-state index in [0.29, 0.717) is 6.54 Å². The Morgan fingerprint density at radius 3 is 2.15 bits per heavy atom. The summed E-state index contributed by atoms with van der Waals surface area (Å²) in [5.41, 5.74) is 2.63. The summed E-state index contributed by atoms with van der Waals surface area (Å²) in [6.07, 6.45) is 5.33. The third-order valence-corrected chi connectivity index (χ3v) is 7.27. The van der Waals surface area contributed by atoms with Crippen LogP contribution in [0.2, 0.25) is 0 Å². The molecule has 0 N–H and O–H groups in total. The smallest absolute Gasteiger partial charge is 0.374 e. The van der Waals surface area contributed by atoms with Crippen LogP contribution in [-0.4, -0.2) is 55.0 Å².